The Hall–Kier alpha value is -2.37. The molecule has 2 aromatic rings. The zero-order valence-corrected chi connectivity index (χ0v) is 9.08. The van der Waals surface area contributed by atoms with Crippen molar-refractivity contribution in [1.82, 2.24) is 9.38 Å². The number of carboxylic acid groups (broad SMARTS) is 1. The molecule has 0 aromatic carbocycles. The summed E-state index contributed by atoms with van der Waals surface area (Å²) in [6.07, 6.45) is 2.73. The Morgan fingerprint density at radius 1 is 1.53 bits per heavy atom. The van der Waals surface area contributed by atoms with Crippen LogP contribution in [0.25, 0.3) is 5.65 Å². The van der Waals surface area contributed by atoms with E-state index in [-0.39, 0.29) is 5.69 Å². The second-order valence-corrected chi connectivity index (χ2v) is 3.31. The molecule has 0 saturated carbocycles. The molecule has 1 N–H and O–H groups in total. The van der Waals surface area contributed by atoms with E-state index in [1.165, 1.54) is 28.9 Å². The zero-order valence-electron chi connectivity index (χ0n) is 9.08. The summed E-state index contributed by atoms with van der Waals surface area (Å²) < 4.78 is 6.23. The maximum absolute atomic E-state index is 11.5. The second-order valence-electron chi connectivity index (χ2n) is 3.31. The number of aromatic nitrogens is 2. The van der Waals surface area contributed by atoms with Gasteiger partial charge in [0, 0.05) is 6.20 Å². The summed E-state index contributed by atoms with van der Waals surface area (Å²) in [4.78, 5) is 26.2. The van der Waals surface area contributed by atoms with Gasteiger partial charge in [0.1, 0.15) is 5.65 Å². The van der Waals surface area contributed by atoms with Gasteiger partial charge in [0.2, 0.25) is 0 Å². The molecule has 0 unspecified atom stereocenters. The van der Waals surface area contributed by atoms with Crippen molar-refractivity contribution < 1.29 is 19.4 Å². The van der Waals surface area contributed by atoms with Crippen molar-refractivity contribution in [3.05, 3.63) is 35.8 Å². The van der Waals surface area contributed by atoms with Gasteiger partial charge in [0.05, 0.1) is 18.4 Å². The van der Waals surface area contributed by atoms with E-state index < -0.39 is 11.9 Å². The first-order valence-electron chi connectivity index (χ1n) is 5.01. The van der Waals surface area contributed by atoms with Crippen LogP contribution in [-0.4, -0.2) is 33.0 Å². The first kappa shape index (κ1) is 11.1. The van der Waals surface area contributed by atoms with E-state index in [9.17, 15) is 9.59 Å². The summed E-state index contributed by atoms with van der Waals surface area (Å²) in [7, 11) is 0. The Kier molecular flexibility index (Phi) is 2.78. The van der Waals surface area contributed by atoms with Crippen LogP contribution in [0.3, 0.4) is 0 Å². The van der Waals surface area contributed by atoms with Crippen LogP contribution in [0.5, 0.6) is 0 Å². The van der Waals surface area contributed by atoms with E-state index in [1.54, 1.807) is 6.92 Å². The minimum Gasteiger partial charge on any atom is -0.477 e. The number of aromatic carboxylic acids is 1. The molecule has 0 atom stereocenters. The Bertz CT molecular complexity index is 588. The Labute approximate surface area is 96.5 Å². The van der Waals surface area contributed by atoms with E-state index in [2.05, 4.69) is 4.98 Å². The number of carbonyl (C=O) groups is 2. The van der Waals surface area contributed by atoms with Crippen LogP contribution in [0.4, 0.5) is 0 Å². The van der Waals surface area contributed by atoms with E-state index in [1.807, 2.05) is 0 Å². The molecule has 2 heterocycles. The van der Waals surface area contributed by atoms with Gasteiger partial charge in [-0.2, -0.15) is 0 Å². The molecule has 0 aliphatic heterocycles. The maximum atomic E-state index is 11.5. The minimum absolute atomic E-state index is 0.0513. The molecule has 0 aliphatic carbocycles. The van der Waals surface area contributed by atoms with E-state index in [0.29, 0.717) is 17.8 Å². The number of ether oxygens (including phenoxy) is 1. The molecule has 0 saturated heterocycles. The lowest BCUT2D eigenvalue weighted by Crippen LogP contribution is -2.06. The Morgan fingerprint density at radius 3 is 2.94 bits per heavy atom. The largest absolute Gasteiger partial charge is 0.477 e. The van der Waals surface area contributed by atoms with Gasteiger partial charge in [0.15, 0.2) is 5.69 Å². The highest BCUT2D eigenvalue weighted by molar-refractivity contribution is 5.91. The summed E-state index contributed by atoms with van der Waals surface area (Å²) in [6, 6.07) is 2.99. The van der Waals surface area contributed by atoms with Crippen LogP contribution in [0.2, 0.25) is 0 Å². The summed E-state index contributed by atoms with van der Waals surface area (Å²) in [5, 5.41) is 8.88. The Morgan fingerprint density at radius 2 is 2.29 bits per heavy atom. The van der Waals surface area contributed by atoms with Gasteiger partial charge in [-0.25, -0.2) is 14.6 Å². The van der Waals surface area contributed by atoms with Gasteiger partial charge in [0.25, 0.3) is 0 Å². The van der Waals surface area contributed by atoms with Crippen molar-refractivity contribution in [2.24, 2.45) is 0 Å². The predicted molar refractivity (Wildman–Crippen MR) is 58.1 cm³/mol. The fraction of sp³-hybridized carbons (Fsp3) is 0.182. The van der Waals surface area contributed by atoms with Gasteiger partial charge >= 0.3 is 11.9 Å². The molecule has 0 bridgehead atoms. The minimum atomic E-state index is -1.07. The van der Waals surface area contributed by atoms with Crippen LogP contribution in [0, 0.1) is 0 Å². The standard InChI is InChI=1S/C11H10N2O4/c1-2-17-11(16)7-3-4-13-8(10(14)15)6-12-9(13)5-7/h3-6H,2H2,1H3,(H,14,15). The lowest BCUT2D eigenvalue weighted by molar-refractivity contribution is 0.0526. The Balaban J connectivity index is 2.46. The number of imidazole rings is 1. The average Bonchev–Trinajstić information content (AvgIpc) is 2.71. The van der Waals surface area contributed by atoms with Crippen molar-refractivity contribution in [2.75, 3.05) is 6.61 Å². The van der Waals surface area contributed by atoms with Crippen LogP contribution in [-0.2, 0) is 4.74 Å². The zero-order chi connectivity index (χ0) is 12.4. The highest BCUT2D eigenvalue weighted by atomic mass is 16.5. The number of rotatable bonds is 3. The molecule has 0 spiro atoms. The smallest absolute Gasteiger partial charge is 0.354 e. The second kappa shape index (κ2) is 4.25. The number of carbonyl (C=O) groups excluding carboxylic acids is 1. The fourth-order valence-electron chi connectivity index (χ4n) is 1.48. The SMILES string of the molecule is CCOC(=O)c1ccn2c(C(=O)O)cnc2c1. The topological polar surface area (TPSA) is 80.9 Å². The van der Waals surface area contributed by atoms with Gasteiger partial charge in [-0.3, -0.25) is 4.40 Å². The van der Waals surface area contributed by atoms with E-state index in [4.69, 9.17) is 9.84 Å². The molecule has 17 heavy (non-hydrogen) atoms. The van der Waals surface area contributed by atoms with E-state index >= 15 is 0 Å². The third kappa shape index (κ3) is 1.96. The monoisotopic (exact) mass is 234 g/mol. The summed E-state index contributed by atoms with van der Waals surface area (Å²) in [6.45, 7) is 2.01. The van der Waals surface area contributed by atoms with Crippen LogP contribution < -0.4 is 0 Å². The van der Waals surface area contributed by atoms with Crippen molar-refractivity contribution in [1.29, 1.82) is 0 Å². The van der Waals surface area contributed by atoms with Gasteiger partial charge in [-0.05, 0) is 19.1 Å². The molecule has 6 nitrogen and oxygen atoms in total. The summed E-state index contributed by atoms with van der Waals surface area (Å²) >= 11 is 0. The number of hydrogen-bond acceptors (Lipinski definition) is 4. The normalized spacial score (nSPS) is 10.4. The quantitative estimate of drug-likeness (QED) is 0.807. The van der Waals surface area contributed by atoms with Gasteiger partial charge < -0.3 is 9.84 Å². The third-order valence-corrected chi connectivity index (χ3v) is 2.24. The molecular weight excluding hydrogens is 224 g/mol. The molecule has 0 amide bonds. The highest BCUT2D eigenvalue weighted by Gasteiger charge is 2.13. The number of carboxylic acids is 1. The molecule has 0 radical (unpaired) electrons. The first-order chi connectivity index (χ1) is 8.13. The van der Waals surface area contributed by atoms with E-state index in [0.717, 1.165) is 0 Å². The number of nitrogens with zero attached hydrogens (tertiary/aromatic N) is 2. The number of hydrogen-bond donors (Lipinski definition) is 1. The lowest BCUT2D eigenvalue weighted by Gasteiger charge is -2.02. The van der Waals surface area contributed by atoms with Gasteiger partial charge in [-0.1, -0.05) is 0 Å². The highest BCUT2D eigenvalue weighted by Crippen LogP contribution is 2.10. The van der Waals surface area contributed by atoms with Crippen LogP contribution in [0.15, 0.2) is 24.5 Å². The van der Waals surface area contributed by atoms with Gasteiger partial charge in [-0.15, -0.1) is 0 Å². The number of fused-ring (bicyclic) bond motifs is 1. The van der Waals surface area contributed by atoms with Crippen molar-refractivity contribution in [3.63, 3.8) is 0 Å². The molecular formula is C11H10N2O4. The number of pyridine rings is 1. The molecule has 0 fully saturated rings. The summed E-state index contributed by atoms with van der Waals surface area (Å²) in [5.74, 6) is -1.52. The van der Waals surface area contributed by atoms with Crippen molar-refractivity contribution >= 4 is 17.6 Å². The van der Waals surface area contributed by atoms with Crippen LogP contribution >= 0.6 is 0 Å². The lowest BCUT2D eigenvalue weighted by atomic mass is 10.2. The van der Waals surface area contributed by atoms with Crippen molar-refractivity contribution in [3.8, 4) is 0 Å². The predicted octanol–water partition coefficient (Wildman–Crippen LogP) is 1.21. The summed E-state index contributed by atoms with van der Waals surface area (Å²) in [5.41, 5.74) is 0.797. The molecule has 2 rings (SSSR count). The average molecular weight is 234 g/mol. The first-order valence-corrected chi connectivity index (χ1v) is 5.01. The van der Waals surface area contributed by atoms with Crippen LogP contribution in [0.1, 0.15) is 27.8 Å². The molecule has 6 heteroatoms. The molecule has 0 aliphatic rings. The van der Waals surface area contributed by atoms with Crippen molar-refractivity contribution in [2.45, 2.75) is 6.92 Å². The molecule has 88 valence electrons. The fourth-order valence-corrected chi connectivity index (χ4v) is 1.48. The maximum Gasteiger partial charge on any atom is 0.354 e. The molecule has 2 aromatic heterocycles. The number of esters is 1. The third-order valence-electron chi connectivity index (χ3n) is 2.24.